The molecule has 0 aliphatic heterocycles. The number of H-pyrrole nitrogens is 2. The van der Waals surface area contributed by atoms with Crippen molar-refractivity contribution < 1.29 is 4.92 Å². The molecular weight excluding hydrogens is 452 g/mol. The predicted octanol–water partition coefficient (Wildman–Crippen LogP) is 6.57. The van der Waals surface area contributed by atoms with Gasteiger partial charge in [0, 0.05) is 28.9 Å². The van der Waals surface area contributed by atoms with E-state index in [-0.39, 0.29) is 5.69 Å². The Morgan fingerprint density at radius 1 is 0.694 bits per heavy atom. The highest BCUT2D eigenvalue weighted by molar-refractivity contribution is 5.81. The highest BCUT2D eigenvalue weighted by Gasteiger charge is 2.09. The minimum atomic E-state index is -0.411. The van der Waals surface area contributed by atoms with Gasteiger partial charge in [0.1, 0.15) is 11.6 Å². The fourth-order valence-electron chi connectivity index (χ4n) is 3.90. The van der Waals surface area contributed by atoms with Gasteiger partial charge in [-0.25, -0.2) is 9.97 Å². The van der Waals surface area contributed by atoms with Crippen molar-refractivity contribution in [2.75, 3.05) is 5.73 Å². The molecule has 0 unspecified atom stereocenters. The Kier molecular flexibility index (Phi) is 5.92. The van der Waals surface area contributed by atoms with E-state index in [1.54, 1.807) is 12.1 Å². The number of benzene rings is 4. The molecule has 6 rings (SSSR count). The molecule has 2 aromatic heterocycles. The number of nitro benzene ring substituents is 1. The fraction of sp³-hybridized carbons (Fsp3) is 0.0714. The average Bonchev–Trinajstić information content (AvgIpc) is 3.48. The lowest BCUT2D eigenvalue weighted by Crippen LogP contribution is -1.87. The van der Waals surface area contributed by atoms with Gasteiger partial charge < -0.3 is 15.7 Å². The normalized spacial score (nSPS) is 10.8. The molecule has 0 saturated heterocycles. The number of anilines is 1. The number of nitro groups is 1. The number of aryl methyl sites for hydroxylation is 2. The summed E-state index contributed by atoms with van der Waals surface area (Å²) in [4.78, 5) is 25.8. The number of nitrogens with one attached hydrogen (secondary N) is 2. The van der Waals surface area contributed by atoms with Crippen molar-refractivity contribution in [1.82, 2.24) is 19.9 Å². The van der Waals surface area contributed by atoms with E-state index in [1.165, 1.54) is 17.7 Å². The molecule has 0 fully saturated rings. The number of nitrogens with zero attached hydrogens (tertiary/aromatic N) is 3. The Balaban J connectivity index is 0.000000149. The maximum Gasteiger partial charge on any atom is 0.269 e. The molecule has 4 N–H and O–H groups in total. The molecule has 0 amide bonds. The highest BCUT2D eigenvalue weighted by atomic mass is 16.6. The minimum Gasteiger partial charge on any atom is -0.399 e. The summed E-state index contributed by atoms with van der Waals surface area (Å²) in [7, 11) is 0. The van der Waals surface area contributed by atoms with Gasteiger partial charge in [-0.2, -0.15) is 0 Å². The van der Waals surface area contributed by atoms with Crippen molar-refractivity contribution in [3.63, 3.8) is 0 Å². The van der Waals surface area contributed by atoms with Gasteiger partial charge in [-0.15, -0.1) is 0 Å². The Hall–Kier alpha value is -4.98. The Morgan fingerprint density at radius 2 is 1.14 bits per heavy atom. The average molecular weight is 477 g/mol. The molecule has 178 valence electrons. The van der Waals surface area contributed by atoms with Gasteiger partial charge >= 0.3 is 0 Å². The number of nitrogen functional groups attached to an aromatic ring is 1. The van der Waals surface area contributed by atoms with Crippen LogP contribution in [-0.2, 0) is 0 Å². The number of hydrogen-bond donors (Lipinski definition) is 3. The molecule has 8 nitrogen and oxygen atoms in total. The van der Waals surface area contributed by atoms with Gasteiger partial charge in [0.15, 0.2) is 0 Å². The summed E-state index contributed by atoms with van der Waals surface area (Å²) in [5.41, 5.74) is 14.7. The largest absolute Gasteiger partial charge is 0.399 e. The number of non-ortho nitro benzene ring substituents is 1. The summed E-state index contributed by atoms with van der Waals surface area (Å²) in [6.45, 7) is 4.09. The van der Waals surface area contributed by atoms with Crippen molar-refractivity contribution in [3.05, 3.63) is 106 Å². The molecule has 36 heavy (non-hydrogen) atoms. The van der Waals surface area contributed by atoms with E-state index in [1.807, 2.05) is 55.5 Å². The summed E-state index contributed by atoms with van der Waals surface area (Å²) in [6.07, 6.45) is 0. The zero-order valence-electron chi connectivity index (χ0n) is 19.8. The van der Waals surface area contributed by atoms with E-state index < -0.39 is 4.92 Å². The van der Waals surface area contributed by atoms with E-state index in [2.05, 4.69) is 39.0 Å². The molecule has 0 bridgehead atoms. The third kappa shape index (κ3) is 4.78. The number of aromatic nitrogens is 4. The van der Waals surface area contributed by atoms with Gasteiger partial charge in [0.05, 0.1) is 27.0 Å². The second-order valence-corrected chi connectivity index (χ2v) is 8.64. The van der Waals surface area contributed by atoms with Crippen molar-refractivity contribution in [2.24, 2.45) is 0 Å². The van der Waals surface area contributed by atoms with Crippen LogP contribution in [0.4, 0.5) is 11.4 Å². The Bertz CT molecular complexity index is 1680. The van der Waals surface area contributed by atoms with Crippen LogP contribution >= 0.6 is 0 Å². The topological polar surface area (TPSA) is 127 Å². The maximum absolute atomic E-state index is 10.6. The van der Waals surface area contributed by atoms with E-state index in [0.717, 1.165) is 56.1 Å². The number of aromatic amines is 2. The molecule has 0 atom stereocenters. The lowest BCUT2D eigenvalue weighted by atomic mass is 10.2. The zero-order valence-corrected chi connectivity index (χ0v) is 19.8. The first kappa shape index (κ1) is 22.8. The minimum absolute atomic E-state index is 0.0794. The van der Waals surface area contributed by atoms with E-state index >= 15 is 0 Å². The molecule has 0 saturated carbocycles. The van der Waals surface area contributed by atoms with Crippen molar-refractivity contribution >= 4 is 33.4 Å². The van der Waals surface area contributed by atoms with Gasteiger partial charge in [-0.05, 0) is 85.6 Å². The molecule has 6 aromatic rings. The number of fused-ring (bicyclic) bond motifs is 2. The van der Waals surface area contributed by atoms with Crippen LogP contribution in [-0.4, -0.2) is 24.9 Å². The standard InChI is InChI=1S/C14H11N3O2.C14H13N3/c1-9-2-7-12-13(8-9)16-14(15-12)10-3-5-11(6-4-10)17(18)19;1-9-2-7-12-13(8-9)17-14(16-12)10-3-5-11(15)6-4-10/h2-8H,1H3,(H,15,16);2-8H,15H2,1H3,(H,16,17). The van der Waals surface area contributed by atoms with E-state index in [9.17, 15) is 10.1 Å². The number of nitrogens with two attached hydrogens (primary N) is 1. The molecule has 0 aliphatic carbocycles. The molecule has 0 radical (unpaired) electrons. The zero-order chi connectivity index (χ0) is 25.2. The number of imidazole rings is 2. The van der Waals surface area contributed by atoms with Crippen LogP contribution in [0.15, 0.2) is 84.9 Å². The number of rotatable bonds is 3. The van der Waals surface area contributed by atoms with Crippen LogP contribution in [0.1, 0.15) is 11.1 Å². The van der Waals surface area contributed by atoms with Crippen LogP contribution in [0.2, 0.25) is 0 Å². The first-order valence-electron chi connectivity index (χ1n) is 11.4. The lowest BCUT2D eigenvalue weighted by Gasteiger charge is -1.96. The van der Waals surface area contributed by atoms with Crippen LogP contribution in [0.3, 0.4) is 0 Å². The summed E-state index contributed by atoms with van der Waals surface area (Å²) < 4.78 is 0. The van der Waals surface area contributed by atoms with E-state index in [4.69, 9.17) is 5.73 Å². The molecule has 4 aromatic carbocycles. The second-order valence-electron chi connectivity index (χ2n) is 8.64. The molecular formula is C28H24N6O2. The van der Waals surface area contributed by atoms with Gasteiger partial charge in [0.25, 0.3) is 5.69 Å². The number of hydrogen-bond acceptors (Lipinski definition) is 5. The highest BCUT2D eigenvalue weighted by Crippen LogP contribution is 2.24. The summed E-state index contributed by atoms with van der Waals surface area (Å²) in [5, 5.41) is 10.6. The monoisotopic (exact) mass is 476 g/mol. The van der Waals surface area contributed by atoms with Crippen LogP contribution in [0.25, 0.3) is 44.8 Å². The molecule has 0 aliphatic rings. The van der Waals surface area contributed by atoms with Crippen LogP contribution < -0.4 is 5.73 Å². The smallest absolute Gasteiger partial charge is 0.269 e. The van der Waals surface area contributed by atoms with Crippen LogP contribution in [0, 0.1) is 24.0 Å². The summed E-state index contributed by atoms with van der Waals surface area (Å²) in [5.74, 6) is 1.60. The fourth-order valence-corrected chi connectivity index (χ4v) is 3.90. The second kappa shape index (κ2) is 9.34. The van der Waals surface area contributed by atoms with Crippen molar-refractivity contribution in [2.45, 2.75) is 13.8 Å². The SMILES string of the molecule is Cc1ccc2nc(-c3ccc(N)cc3)[nH]c2c1.Cc1ccc2nc(-c3ccc([N+](=O)[O-])cc3)[nH]c2c1. The summed E-state index contributed by atoms with van der Waals surface area (Å²) in [6, 6.07) is 26.2. The first-order valence-corrected chi connectivity index (χ1v) is 11.4. The first-order chi connectivity index (χ1) is 17.4. The van der Waals surface area contributed by atoms with E-state index in [0.29, 0.717) is 0 Å². The Morgan fingerprint density at radius 3 is 1.58 bits per heavy atom. The van der Waals surface area contributed by atoms with Gasteiger partial charge in [-0.3, -0.25) is 10.1 Å². The van der Waals surface area contributed by atoms with Crippen molar-refractivity contribution in [3.8, 4) is 22.8 Å². The third-order valence-corrected chi connectivity index (χ3v) is 5.81. The molecule has 2 heterocycles. The van der Waals surface area contributed by atoms with Crippen molar-refractivity contribution in [1.29, 1.82) is 0 Å². The lowest BCUT2D eigenvalue weighted by molar-refractivity contribution is -0.384. The maximum atomic E-state index is 10.6. The van der Waals surface area contributed by atoms with Crippen LogP contribution in [0.5, 0.6) is 0 Å². The predicted molar refractivity (Wildman–Crippen MR) is 144 cm³/mol. The third-order valence-electron chi connectivity index (χ3n) is 5.81. The van der Waals surface area contributed by atoms with Gasteiger partial charge in [-0.1, -0.05) is 12.1 Å². The molecule has 0 spiro atoms. The summed E-state index contributed by atoms with van der Waals surface area (Å²) >= 11 is 0. The van der Waals surface area contributed by atoms with Gasteiger partial charge in [0.2, 0.25) is 0 Å². The quantitative estimate of drug-likeness (QED) is 0.151. The Labute approximate surface area is 207 Å². The molecule has 8 heteroatoms.